The van der Waals surface area contributed by atoms with Gasteiger partial charge in [0.25, 0.3) is 5.91 Å². The van der Waals surface area contributed by atoms with Crippen molar-refractivity contribution in [1.29, 1.82) is 0 Å². The van der Waals surface area contributed by atoms with Crippen LogP contribution in [0.25, 0.3) is 0 Å². The molecule has 3 rings (SSSR count). The highest BCUT2D eigenvalue weighted by atomic mass is 19.4. The fourth-order valence-corrected chi connectivity index (χ4v) is 3.68. The van der Waals surface area contributed by atoms with Gasteiger partial charge < -0.3 is 16.0 Å². The van der Waals surface area contributed by atoms with Crippen LogP contribution in [0.4, 0.5) is 13.2 Å². The fourth-order valence-electron chi connectivity index (χ4n) is 3.68. The number of halogens is 3. The standard InChI is InChI=1S/C17H20F3N3O2/c18-17(19,20)12-3-1-2-10(6-12)16(25)22-9-15(24)23-14-5-4-11-7-21-8-13(11)14/h1-3,6,11,13-14,21H,4-5,7-9H2,(H,22,25)(H,23,24). The van der Waals surface area contributed by atoms with Crippen molar-refractivity contribution in [2.24, 2.45) is 11.8 Å². The largest absolute Gasteiger partial charge is 0.416 e. The normalized spacial score (nSPS) is 25.5. The molecule has 0 spiro atoms. The molecule has 1 aromatic carbocycles. The zero-order valence-electron chi connectivity index (χ0n) is 13.5. The van der Waals surface area contributed by atoms with Crippen molar-refractivity contribution in [1.82, 2.24) is 16.0 Å². The molecule has 1 aliphatic heterocycles. The van der Waals surface area contributed by atoms with Crippen LogP contribution in [0.3, 0.4) is 0 Å². The lowest BCUT2D eigenvalue weighted by Gasteiger charge is -2.19. The van der Waals surface area contributed by atoms with Gasteiger partial charge >= 0.3 is 6.18 Å². The van der Waals surface area contributed by atoms with Crippen LogP contribution in [0.1, 0.15) is 28.8 Å². The first-order valence-corrected chi connectivity index (χ1v) is 8.30. The summed E-state index contributed by atoms with van der Waals surface area (Å²) in [6.45, 7) is 1.60. The molecule has 1 aliphatic carbocycles. The number of nitrogens with one attached hydrogen (secondary N) is 3. The summed E-state index contributed by atoms with van der Waals surface area (Å²) in [6.07, 6.45) is -2.52. The van der Waals surface area contributed by atoms with E-state index in [1.165, 1.54) is 12.1 Å². The number of carbonyl (C=O) groups excluding carboxylic acids is 2. The average molecular weight is 355 g/mol. The van der Waals surface area contributed by atoms with Crippen LogP contribution < -0.4 is 16.0 Å². The molecule has 8 heteroatoms. The van der Waals surface area contributed by atoms with Gasteiger partial charge in [0, 0.05) is 18.2 Å². The van der Waals surface area contributed by atoms with Gasteiger partial charge in [-0.2, -0.15) is 13.2 Å². The van der Waals surface area contributed by atoms with Crippen molar-refractivity contribution >= 4 is 11.8 Å². The van der Waals surface area contributed by atoms with E-state index in [0.717, 1.165) is 38.1 Å². The molecule has 0 radical (unpaired) electrons. The molecule has 5 nitrogen and oxygen atoms in total. The van der Waals surface area contributed by atoms with E-state index >= 15 is 0 Å². The highest BCUT2D eigenvalue weighted by molar-refractivity contribution is 5.96. The van der Waals surface area contributed by atoms with Gasteiger partial charge in [-0.1, -0.05) is 6.07 Å². The summed E-state index contributed by atoms with van der Waals surface area (Å²) in [5.41, 5.74) is -1.01. The lowest BCUT2D eigenvalue weighted by Crippen LogP contribution is -2.44. The molecule has 1 saturated carbocycles. The first kappa shape index (κ1) is 17.7. The molecular formula is C17H20F3N3O2. The molecule has 2 aliphatic rings. The number of amides is 2. The van der Waals surface area contributed by atoms with Crippen molar-refractivity contribution in [2.45, 2.75) is 25.1 Å². The predicted molar refractivity (Wildman–Crippen MR) is 84.8 cm³/mol. The molecule has 1 saturated heterocycles. The summed E-state index contributed by atoms with van der Waals surface area (Å²) >= 11 is 0. The maximum absolute atomic E-state index is 12.7. The molecule has 3 atom stereocenters. The van der Waals surface area contributed by atoms with E-state index in [2.05, 4.69) is 16.0 Å². The Morgan fingerprint density at radius 1 is 1.20 bits per heavy atom. The second kappa shape index (κ2) is 7.03. The lowest BCUT2D eigenvalue weighted by molar-refractivity contribution is -0.137. The average Bonchev–Trinajstić information content (AvgIpc) is 3.17. The van der Waals surface area contributed by atoms with Crippen LogP contribution in [-0.4, -0.2) is 37.5 Å². The number of fused-ring (bicyclic) bond motifs is 1. The van der Waals surface area contributed by atoms with Gasteiger partial charge in [0.05, 0.1) is 12.1 Å². The minimum Gasteiger partial charge on any atom is -0.351 e. The van der Waals surface area contributed by atoms with E-state index in [4.69, 9.17) is 0 Å². The third-order valence-electron chi connectivity index (χ3n) is 4.97. The van der Waals surface area contributed by atoms with Crippen LogP contribution in [-0.2, 0) is 11.0 Å². The van der Waals surface area contributed by atoms with Gasteiger partial charge in [0.15, 0.2) is 0 Å². The van der Waals surface area contributed by atoms with Gasteiger partial charge in [0.2, 0.25) is 5.91 Å². The Balaban J connectivity index is 1.51. The quantitative estimate of drug-likeness (QED) is 0.768. The molecule has 0 aromatic heterocycles. The monoisotopic (exact) mass is 355 g/mol. The van der Waals surface area contributed by atoms with Gasteiger partial charge in [-0.3, -0.25) is 9.59 Å². The zero-order valence-corrected chi connectivity index (χ0v) is 13.5. The fraction of sp³-hybridized carbons (Fsp3) is 0.529. The molecule has 2 fully saturated rings. The molecule has 1 aromatic rings. The Bertz CT molecular complexity index is 663. The Hall–Kier alpha value is -2.09. The maximum atomic E-state index is 12.7. The molecule has 2 amide bonds. The van der Waals surface area contributed by atoms with E-state index in [0.29, 0.717) is 11.8 Å². The maximum Gasteiger partial charge on any atom is 0.416 e. The first-order chi connectivity index (χ1) is 11.8. The second-order valence-electron chi connectivity index (χ2n) is 6.59. The Labute approximate surface area is 143 Å². The summed E-state index contributed by atoms with van der Waals surface area (Å²) in [5, 5.41) is 8.60. The van der Waals surface area contributed by atoms with Crippen molar-refractivity contribution in [2.75, 3.05) is 19.6 Å². The Morgan fingerprint density at radius 2 is 2.00 bits per heavy atom. The number of hydrogen-bond acceptors (Lipinski definition) is 3. The van der Waals surface area contributed by atoms with E-state index in [1.54, 1.807) is 0 Å². The summed E-state index contributed by atoms with van der Waals surface area (Å²) in [4.78, 5) is 24.0. The lowest BCUT2D eigenvalue weighted by atomic mass is 9.98. The molecule has 0 bridgehead atoms. The topological polar surface area (TPSA) is 70.2 Å². The van der Waals surface area contributed by atoms with Crippen LogP contribution >= 0.6 is 0 Å². The zero-order chi connectivity index (χ0) is 18.0. The number of hydrogen-bond donors (Lipinski definition) is 3. The third kappa shape index (κ3) is 4.12. The van der Waals surface area contributed by atoms with E-state index in [-0.39, 0.29) is 24.1 Å². The van der Waals surface area contributed by atoms with Gasteiger partial charge in [-0.05, 0) is 49.4 Å². The van der Waals surface area contributed by atoms with Gasteiger partial charge in [-0.25, -0.2) is 0 Å². The predicted octanol–water partition coefficient (Wildman–Crippen LogP) is 1.55. The smallest absolute Gasteiger partial charge is 0.351 e. The van der Waals surface area contributed by atoms with Gasteiger partial charge in [0.1, 0.15) is 0 Å². The van der Waals surface area contributed by atoms with Crippen LogP contribution in [0.5, 0.6) is 0 Å². The highest BCUT2D eigenvalue weighted by Gasteiger charge is 2.39. The Morgan fingerprint density at radius 3 is 2.76 bits per heavy atom. The molecule has 3 N–H and O–H groups in total. The van der Waals surface area contributed by atoms with Crippen LogP contribution in [0.2, 0.25) is 0 Å². The molecule has 3 unspecified atom stereocenters. The highest BCUT2D eigenvalue weighted by Crippen LogP contribution is 2.34. The molecule has 25 heavy (non-hydrogen) atoms. The summed E-state index contributed by atoms with van der Waals surface area (Å²) in [7, 11) is 0. The molecular weight excluding hydrogens is 335 g/mol. The summed E-state index contributed by atoms with van der Waals surface area (Å²) < 4.78 is 38.0. The van der Waals surface area contributed by atoms with E-state index < -0.39 is 17.6 Å². The second-order valence-corrected chi connectivity index (χ2v) is 6.59. The Kier molecular flexibility index (Phi) is 4.99. The SMILES string of the molecule is O=C(CNC(=O)c1cccc(C(F)(F)F)c1)NC1CCC2CNCC21. The van der Waals surface area contributed by atoms with E-state index in [1.807, 2.05) is 0 Å². The minimum absolute atomic E-state index is 0.0953. The van der Waals surface area contributed by atoms with Crippen molar-refractivity contribution in [3.8, 4) is 0 Å². The van der Waals surface area contributed by atoms with Crippen LogP contribution in [0.15, 0.2) is 24.3 Å². The molecule has 136 valence electrons. The molecule has 1 heterocycles. The van der Waals surface area contributed by atoms with Crippen molar-refractivity contribution in [3.63, 3.8) is 0 Å². The number of carbonyl (C=O) groups is 2. The first-order valence-electron chi connectivity index (χ1n) is 8.30. The minimum atomic E-state index is -4.51. The number of rotatable bonds is 4. The van der Waals surface area contributed by atoms with Crippen molar-refractivity contribution < 1.29 is 22.8 Å². The summed E-state index contributed by atoms with van der Waals surface area (Å²) in [6, 6.07) is 4.23. The van der Waals surface area contributed by atoms with Gasteiger partial charge in [-0.15, -0.1) is 0 Å². The summed E-state index contributed by atoms with van der Waals surface area (Å²) in [5.74, 6) is -0.0147. The number of benzene rings is 1. The van der Waals surface area contributed by atoms with Crippen molar-refractivity contribution in [3.05, 3.63) is 35.4 Å². The third-order valence-corrected chi connectivity index (χ3v) is 4.97. The van der Waals surface area contributed by atoms with Crippen LogP contribution in [0, 0.1) is 11.8 Å². The number of alkyl halides is 3. The van der Waals surface area contributed by atoms with E-state index in [9.17, 15) is 22.8 Å².